The van der Waals surface area contributed by atoms with E-state index in [-0.39, 0.29) is 11.8 Å². The molecule has 1 rings (SSSR count). The van der Waals surface area contributed by atoms with Gasteiger partial charge >= 0.3 is 0 Å². The van der Waals surface area contributed by atoms with Gasteiger partial charge < -0.3 is 11.1 Å². The molecule has 0 spiro atoms. The average Bonchev–Trinajstić information content (AvgIpc) is 2.36. The average molecular weight is 256 g/mol. The molecule has 4 nitrogen and oxygen atoms in total. The Bertz CT molecular complexity index is 440. The van der Waals surface area contributed by atoms with E-state index in [1.54, 1.807) is 19.1 Å². The van der Waals surface area contributed by atoms with Crippen molar-refractivity contribution in [3.8, 4) is 0 Å². The number of hydrogen-bond donors (Lipinski definition) is 2. The van der Waals surface area contributed by atoms with Crippen molar-refractivity contribution in [2.24, 2.45) is 5.73 Å². The highest BCUT2D eigenvalue weighted by atomic mass is 32.2. The summed E-state index contributed by atoms with van der Waals surface area (Å²) in [4.78, 5) is 0.381. The van der Waals surface area contributed by atoms with Crippen molar-refractivity contribution < 1.29 is 8.42 Å². The zero-order chi connectivity index (χ0) is 12.9. The lowest BCUT2D eigenvalue weighted by atomic mass is 10.0. The summed E-state index contributed by atoms with van der Waals surface area (Å²) in [7, 11) is -1.23. The van der Waals surface area contributed by atoms with Crippen LogP contribution in [0.5, 0.6) is 0 Å². The van der Waals surface area contributed by atoms with Crippen molar-refractivity contribution in [3.05, 3.63) is 29.8 Å². The van der Waals surface area contributed by atoms with Crippen molar-refractivity contribution in [1.29, 1.82) is 0 Å². The van der Waals surface area contributed by atoms with Crippen LogP contribution < -0.4 is 11.1 Å². The summed E-state index contributed by atoms with van der Waals surface area (Å²) in [6.07, 6.45) is 0.830. The molecule has 0 bridgehead atoms. The van der Waals surface area contributed by atoms with Crippen molar-refractivity contribution in [2.75, 3.05) is 19.3 Å². The third-order valence-electron chi connectivity index (χ3n) is 2.83. The molecular weight excluding hydrogens is 236 g/mol. The van der Waals surface area contributed by atoms with Crippen molar-refractivity contribution in [2.45, 2.75) is 24.3 Å². The Hall–Kier alpha value is -0.910. The monoisotopic (exact) mass is 256 g/mol. The molecule has 0 aliphatic heterocycles. The van der Waals surface area contributed by atoms with E-state index in [4.69, 9.17) is 5.73 Å². The minimum absolute atomic E-state index is 0.130. The van der Waals surface area contributed by atoms with E-state index in [0.29, 0.717) is 11.4 Å². The first kappa shape index (κ1) is 14.2. The van der Waals surface area contributed by atoms with E-state index in [1.807, 2.05) is 19.2 Å². The molecule has 1 aromatic rings. The van der Waals surface area contributed by atoms with Crippen LogP contribution in [0.15, 0.2) is 29.2 Å². The molecule has 17 heavy (non-hydrogen) atoms. The zero-order valence-electron chi connectivity index (χ0n) is 10.3. The van der Waals surface area contributed by atoms with Gasteiger partial charge in [0.25, 0.3) is 0 Å². The van der Waals surface area contributed by atoms with Crippen LogP contribution in [0.3, 0.4) is 0 Å². The first-order valence-electron chi connectivity index (χ1n) is 5.75. The van der Waals surface area contributed by atoms with E-state index in [9.17, 15) is 8.42 Å². The summed E-state index contributed by atoms with van der Waals surface area (Å²) in [5, 5.41) is 3.16. The highest BCUT2D eigenvalue weighted by molar-refractivity contribution is 7.91. The molecular formula is C12H20N2O2S. The summed E-state index contributed by atoms with van der Waals surface area (Å²) >= 11 is 0. The zero-order valence-corrected chi connectivity index (χ0v) is 11.1. The fraction of sp³-hybridized carbons (Fsp3) is 0.500. The Morgan fingerprint density at radius 1 is 1.29 bits per heavy atom. The molecule has 5 heteroatoms. The molecule has 0 aliphatic carbocycles. The van der Waals surface area contributed by atoms with E-state index in [1.165, 1.54) is 0 Å². The fourth-order valence-electron chi connectivity index (χ4n) is 1.72. The molecule has 1 aromatic carbocycles. The third-order valence-corrected chi connectivity index (χ3v) is 4.58. The normalized spacial score (nSPS) is 13.6. The van der Waals surface area contributed by atoms with Gasteiger partial charge in [-0.2, -0.15) is 0 Å². The Balaban J connectivity index is 2.95. The van der Waals surface area contributed by atoms with E-state index >= 15 is 0 Å². The summed E-state index contributed by atoms with van der Waals surface area (Å²) in [5.41, 5.74) is 6.59. The van der Waals surface area contributed by atoms with E-state index in [0.717, 1.165) is 12.0 Å². The van der Waals surface area contributed by atoms with Gasteiger partial charge in [0.05, 0.1) is 10.6 Å². The predicted octanol–water partition coefficient (Wildman–Crippen LogP) is 1.09. The number of nitrogens with one attached hydrogen (secondary N) is 1. The highest BCUT2D eigenvalue weighted by Crippen LogP contribution is 2.19. The summed E-state index contributed by atoms with van der Waals surface area (Å²) in [5.74, 6) is 0.130. The van der Waals surface area contributed by atoms with Gasteiger partial charge in [0.15, 0.2) is 9.84 Å². The fourth-order valence-corrected chi connectivity index (χ4v) is 2.60. The molecule has 96 valence electrons. The minimum atomic E-state index is -3.10. The lowest BCUT2D eigenvalue weighted by Crippen LogP contribution is -2.19. The largest absolute Gasteiger partial charge is 0.330 e. The van der Waals surface area contributed by atoms with Gasteiger partial charge in [0.1, 0.15) is 0 Å². The smallest absolute Gasteiger partial charge is 0.178 e. The quantitative estimate of drug-likeness (QED) is 0.799. The molecule has 0 heterocycles. The van der Waals surface area contributed by atoms with Crippen LogP contribution in [0.1, 0.15) is 24.9 Å². The van der Waals surface area contributed by atoms with Crippen molar-refractivity contribution in [3.63, 3.8) is 0 Å². The van der Waals surface area contributed by atoms with Crippen molar-refractivity contribution >= 4 is 9.84 Å². The SMILES string of the molecule is CCS(=O)(=O)c1ccc(C(CCN)NC)cc1. The molecule has 0 aliphatic rings. The Kier molecular flexibility index (Phi) is 5.11. The van der Waals surface area contributed by atoms with Gasteiger partial charge in [-0.05, 0) is 37.7 Å². The van der Waals surface area contributed by atoms with Gasteiger partial charge in [0.2, 0.25) is 0 Å². The molecule has 0 amide bonds. The van der Waals surface area contributed by atoms with E-state index < -0.39 is 9.84 Å². The van der Waals surface area contributed by atoms with Gasteiger partial charge in [-0.1, -0.05) is 19.1 Å². The number of rotatable bonds is 6. The second-order valence-corrected chi connectivity index (χ2v) is 6.17. The summed E-state index contributed by atoms with van der Waals surface area (Å²) in [6.45, 7) is 2.24. The standard InChI is InChI=1S/C12H20N2O2S/c1-3-17(15,16)11-6-4-10(5-7-11)12(14-2)8-9-13/h4-7,12,14H,3,8-9,13H2,1-2H3. The summed E-state index contributed by atoms with van der Waals surface area (Å²) < 4.78 is 23.3. The van der Waals surface area contributed by atoms with Gasteiger partial charge in [0, 0.05) is 6.04 Å². The number of benzene rings is 1. The van der Waals surface area contributed by atoms with Crippen LogP contribution in [-0.4, -0.2) is 27.8 Å². The lowest BCUT2D eigenvalue weighted by Gasteiger charge is -2.15. The number of nitrogens with two attached hydrogens (primary N) is 1. The molecule has 0 aromatic heterocycles. The van der Waals surface area contributed by atoms with Gasteiger partial charge in [-0.15, -0.1) is 0 Å². The predicted molar refractivity (Wildman–Crippen MR) is 69.6 cm³/mol. The van der Waals surface area contributed by atoms with Crippen molar-refractivity contribution in [1.82, 2.24) is 5.32 Å². The maximum Gasteiger partial charge on any atom is 0.178 e. The van der Waals surface area contributed by atoms with Crippen LogP contribution >= 0.6 is 0 Å². The molecule has 0 saturated carbocycles. The maximum absolute atomic E-state index is 11.6. The van der Waals surface area contributed by atoms with Gasteiger partial charge in [-0.25, -0.2) is 8.42 Å². The maximum atomic E-state index is 11.6. The minimum Gasteiger partial charge on any atom is -0.330 e. The molecule has 0 radical (unpaired) electrons. The van der Waals surface area contributed by atoms with Crippen LogP contribution in [0.4, 0.5) is 0 Å². The molecule has 3 N–H and O–H groups in total. The second kappa shape index (κ2) is 6.14. The Morgan fingerprint density at radius 2 is 1.88 bits per heavy atom. The Labute approximate surface area is 103 Å². The van der Waals surface area contributed by atoms with Crippen LogP contribution in [0, 0.1) is 0 Å². The topological polar surface area (TPSA) is 72.2 Å². The lowest BCUT2D eigenvalue weighted by molar-refractivity contribution is 0.556. The van der Waals surface area contributed by atoms with Crippen LogP contribution in [0.2, 0.25) is 0 Å². The number of sulfone groups is 1. The van der Waals surface area contributed by atoms with Gasteiger partial charge in [-0.3, -0.25) is 0 Å². The molecule has 0 saturated heterocycles. The van der Waals surface area contributed by atoms with Crippen LogP contribution in [0.25, 0.3) is 0 Å². The molecule has 0 fully saturated rings. The summed E-state index contributed by atoms with van der Waals surface area (Å²) in [6, 6.07) is 7.20. The second-order valence-electron chi connectivity index (χ2n) is 3.89. The first-order valence-corrected chi connectivity index (χ1v) is 7.40. The van der Waals surface area contributed by atoms with Crippen LogP contribution in [-0.2, 0) is 9.84 Å². The number of hydrogen-bond acceptors (Lipinski definition) is 4. The highest BCUT2D eigenvalue weighted by Gasteiger charge is 2.13. The molecule has 1 atom stereocenters. The van der Waals surface area contributed by atoms with E-state index in [2.05, 4.69) is 5.32 Å². The Morgan fingerprint density at radius 3 is 2.29 bits per heavy atom. The molecule has 1 unspecified atom stereocenters. The third kappa shape index (κ3) is 3.52. The first-order chi connectivity index (χ1) is 8.05.